The van der Waals surface area contributed by atoms with Crippen molar-refractivity contribution >= 4 is 29.0 Å². The van der Waals surface area contributed by atoms with Crippen molar-refractivity contribution in [2.75, 3.05) is 0 Å². The normalized spacial score (nSPS) is 14.0. The molecular weight excluding hydrogens is 667 g/mol. The van der Waals surface area contributed by atoms with Gasteiger partial charge in [0.05, 0.1) is 0 Å². The van der Waals surface area contributed by atoms with E-state index in [1.54, 1.807) is 6.92 Å². The first-order valence-electron chi connectivity index (χ1n) is 15.5. The summed E-state index contributed by atoms with van der Waals surface area (Å²) in [4.78, 5) is 0. The summed E-state index contributed by atoms with van der Waals surface area (Å²) >= 11 is 1.30. The molecule has 0 saturated heterocycles. The van der Waals surface area contributed by atoms with Crippen molar-refractivity contribution in [2.45, 2.75) is 107 Å². The quantitative estimate of drug-likeness (QED) is 0.158. The van der Waals surface area contributed by atoms with E-state index in [4.69, 9.17) is 0 Å². The SMILES string of the molecule is CC1[C-]=CC(C(C)(C)C)=C1.Cc1[c-]c2c(cc1C(C)(C)C)-c1cc(C(C)(C)C)c(C)cc1C2.Cl.Cl.[CH2-]C.[CH2]=[Zr].[c-]1ccccc1. The number of rotatable bonds is 0. The van der Waals surface area contributed by atoms with Crippen LogP contribution < -0.4 is 0 Å². The van der Waals surface area contributed by atoms with Crippen LogP contribution in [0.25, 0.3) is 11.1 Å². The summed E-state index contributed by atoms with van der Waals surface area (Å²) in [5, 5.41) is 0. The van der Waals surface area contributed by atoms with E-state index < -0.39 is 0 Å². The maximum Gasteiger partial charge on any atom is -0.171 e. The minimum absolute atomic E-state index is 0. The minimum Gasteiger partial charge on any atom is -0.184 e. The Balaban J connectivity index is 0. The van der Waals surface area contributed by atoms with E-state index in [1.807, 2.05) is 30.3 Å². The van der Waals surface area contributed by atoms with Gasteiger partial charge in [-0.1, -0.05) is 111 Å². The molecule has 1 unspecified atom stereocenters. The zero-order valence-electron chi connectivity index (χ0n) is 30.3. The number of halogens is 2. The van der Waals surface area contributed by atoms with Crippen LogP contribution >= 0.6 is 24.8 Å². The molecule has 0 heterocycles. The molecule has 0 amide bonds. The van der Waals surface area contributed by atoms with Crippen LogP contribution in [0.2, 0.25) is 0 Å². The molecule has 45 heavy (non-hydrogen) atoms. The van der Waals surface area contributed by atoms with Gasteiger partial charge in [-0.05, 0) is 35.4 Å². The molecule has 3 aromatic carbocycles. The first-order valence-corrected chi connectivity index (χ1v) is 17.2. The Kier molecular flexibility index (Phi) is 20.2. The minimum atomic E-state index is 0. The van der Waals surface area contributed by atoms with E-state index in [-0.39, 0.29) is 35.6 Å². The summed E-state index contributed by atoms with van der Waals surface area (Å²) in [6, 6.07) is 23.4. The summed E-state index contributed by atoms with van der Waals surface area (Å²) in [5.41, 5.74) is 13.3. The molecule has 2 aliphatic rings. The van der Waals surface area contributed by atoms with E-state index in [1.165, 1.54) is 74.3 Å². The number of allylic oxidation sites excluding steroid dienone is 4. The molecule has 0 spiro atoms. The Morgan fingerprint density at radius 1 is 0.756 bits per heavy atom. The smallest absolute Gasteiger partial charge is 0.171 e. The average Bonchev–Trinajstić information content (AvgIpc) is 3.53. The third-order valence-electron chi connectivity index (χ3n) is 7.48. The van der Waals surface area contributed by atoms with Crippen molar-refractivity contribution in [3.63, 3.8) is 0 Å². The van der Waals surface area contributed by atoms with Gasteiger partial charge in [0.2, 0.25) is 0 Å². The maximum absolute atomic E-state index is 3.69. The van der Waals surface area contributed by atoms with Gasteiger partial charge in [-0.25, -0.2) is 6.08 Å². The number of fused-ring (bicyclic) bond motifs is 3. The van der Waals surface area contributed by atoms with Crippen LogP contribution in [0.3, 0.4) is 0 Å². The summed E-state index contributed by atoms with van der Waals surface area (Å²) in [6.07, 6.45) is 8.68. The third kappa shape index (κ3) is 13.6. The van der Waals surface area contributed by atoms with Crippen LogP contribution in [0, 0.1) is 50.3 Å². The van der Waals surface area contributed by atoms with E-state index in [2.05, 4.69) is 143 Å². The molecule has 0 nitrogen and oxygen atoms in total. The standard InChI is InChI=1S/C23H29.C10H15.C6H5.C2H5.CH2.2ClH.Zr/c1-14-9-16-11-17-10-15(2)21(23(6,7)8)13-19(17)18(16)12-20(14)22(3,4)5;1-8-5-6-9(7-8)10(2,3)4;1-2-4-6-5-3-1;1-2;;;;/h9,12-13H,11H2,1-8H3;6-8H,1-4H3;1-5H;1H2,2H3;1H2;2*1H;/q4*-1;;;;. The Morgan fingerprint density at radius 3 is 1.62 bits per heavy atom. The first-order chi connectivity index (χ1) is 20.0. The van der Waals surface area contributed by atoms with Crippen molar-refractivity contribution in [3.05, 3.63) is 125 Å². The van der Waals surface area contributed by atoms with Gasteiger partial charge >= 0.3 is 28.4 Å². The maximum atomic E-state index is 3.69. The van der Waals surface area contributed by atoms with Gasteiger partial charge < -0.3 is 6.92 Å². The molecule has 0 radical (unpaired) electrons. The monoisotopic (exact) mass is 722 g/mol. The molecule has 0 N–H and O–H groups in total. The van der Waals surface area contributed by atoms with E-state index in [0.717, 1.165) is 6.42 Å². The predicted octanol–water partition coefficient (Wildman–Crippen LogP) is 12.4. The van der Waals surface area contributed by atoms with Gasteiger partial charge in [-0.2, -0.15) is 72.7 Å². The summed E-state index contributed by atoms with van der Waals surface area (Å²) < 4.78 is 3.34. The fraction of sp³-hybridized carbons (Fsp3) is 0.429. The van der Waals surface area contributed by atoms with Gasteiger partial charge in [0.25, 0.3) is 0 Å². The fourth-order valence-electron chi connectivity index (χ4n) is 5.42. The van der Waals surface area contributed by atoms with Crippen LogP contribution in [0.5, 0.6) is 0 Å². The van der Waals surface area contributed by atoms with Gasteiger partial charge in [-0.15, -0.1) is 41.5 Å². The molecule has 3 heteroatoms. The molecule has 0 aromatic heterocycles. The first kappa shape index (κ1) is 45.6. The van der Waals surface area contributed by atoms with Crippen LogP contribution in [0.1, 0.15) is 110 Å². The zero-order valence-corrected chi connectivity index (χ0v) is 34.4. The third-order valence-corrected chi connectivity index (χ3v) is 7.48. The molecule has 248 valence electrons. The van der Waals surface area contributed by atoms with Crippen LogP contribution in [0.4, 0.5) is 0 Å². The molecule has 0 fully saturated rings. The molecule has 0 aliphatic heterocycles. The second-order valence-corrected chi connectivity index (χ2v) is 14.3. The van der Waals surface area contributed by atoms with Crippen molar-refractivity contribution < 1.29 is 24.2 Å². The van der Waals surface area contributed by atoms with Crippen molar-refractivity contribution in [1.29, 1.82) is 0 Å². The van der Waals surface area contributed by atoms with E-state index in [9.17, 15) is 0 Å². The average molecular weight is 725 g/mol. The van der Waals surface area contributed by atoms with Crippen LogP contribution in [-0.4, -0.2) is 4.21 Å². The van der Waals surface area contributed by atoms with E-state index in [0.29, 0.717) is 11.3 Å². The molecule has 2 aliphatic carbocycles. The molecular formula is C42H58Cl2Zr-4. The Bertz CT molecular complexity index is 1270. The fourth-order valence-corrected chi connectivity index (χ4v) is 5.42. The van der Waals surface area contributed by atoms with Gasteiger partial charge in [0.15, 0.2) is 0 Å². The molecule has 3 aromatic rings. The Hall–Kier alpha value is -1.53. The molecule has 5 rings (SSSR count). The predicted molar refractivity (Wildman–Crippen MR) is 203 cm³/mol. The van der Waals surface area contributed by atoms with Crippen LogP contribution in [0.15, 0.2) is 66.3 Å². The Labute approximate surface area is 305 Å². The van der Waals surface area contributed by atoms with Crippen molar-refractivity contribution in [1.82, 2.24) is 0 Å². The molecule has 0 saturated carbocycles. The zero-order chi connectivity index (χ0) is 33.2. The van der Waals surface area contributed by atoms with Crippen molar-refractivity contribution in [3.8, 4) is 11.1 Å². The number of hydrogen-bond acceptors (Lipinski definition) is 0. The molecule has 0 bridgehead atoms. The Morgan fingerprint density at radius 2 is 1.27 bits per heavy atom. The topological polar surface area (TPSA) is 0 Å². The van der Waals surface area contributed by atoms with Crippen LogP contribution in [-0.2, 0) is 41.5 Å². The largest absolute Gasteiger partial charge is 0.184 e. The van der Waals surface area contributed by atoms with Gasteiger partial charge in [0.1, 0.15) is 0 Å². The number of hydrogen-bond donors (Lipinski definition) is 0. The molecule has 1 atom stereocenters. The number of aryl methyl sites for hydroxylation is 2. The van der Waals surface area contributed by atoms with Gasteiger partial charge in [0, 0.05) is 0 Å². The van der Waals surface area contributed by atoms with Gasteiger partial charge in [-0.3, -0.25) is 6.08 Å². The summed E-state index contributed by atoms with van der Waals surface area (Å²) in [5.74, 6) is 0.522. The second-order valence-electron chi connectivity index (χ2n) is 14.3. The summed E-state index contributed by atoms with van der Waals surface area (Å²) in [6.45, 7) is 32.1. The second kappa shape index (κ2) is 20.0. The summed E-state index contributed by atoms with van der Waals surface area (Å²) in [7, 11) is 0. The van der Waals surface area contributed by atoms with E-state index >= 15 is 0 Å². The van der Waals surface area contributed by atoms with Crippen molar-refractivity contribution in [2.24, 2.45) is 11.3 Å². The number of benzene rings is 3.